The number of methoxy groups -OCH3 is 1. The fraction of sp³-hybridized carbons (Fsp3) is 0.536. The molecule has 0 unspecified atom stereocenters. The number of halogens is 2. The van der Waals surface area contributed by atoms with E-state index in [0.717, 1.165) is 25.9 Å². The minimum atomic E-state index is -1.44. The van der Waals surface area contributed by atoms with Crippen LogP contribution in [0.5, 0.6) is 0 Å². The van der Waals surface area contributed by atoms with Gasteiger partial charge in [0.25, 0.3) is 0 Å². The lowest BCUT2D eigenvalue weighted by atomic mass is 10.0. The van der Waals surface area contributed by atoms with Crippen molar-refractivity contribution in [2.75, 3.05) is 46.4 Å². The Morgan fingerprint density at radius 3 is 2.26 bits per heavy atom. The van der Waals surface area contributed by atoms with E-state index in [1.807, 2.05) is 0 Å². The second-order valence-corrected chi connectivity index (χ2v) is 11.0. The van der Waals surface area contributed by atoms with Gasteiger partial charge in [0.2, 0.25) is 5.91 Å². The van der Waals surface area contributed by atoms with Crippen LogP contribution in [0.3, 0.4) is 0 Å². The number of hydrogen-bond acceptors (Lipinski definition) is 7. The maximum absolute atomic E-state index is 13.6. The number of carboxylic acid groups (broad SMARTS) is 2. The Balaban J connectivity index is 0.00000302. The van der Waals surface area contributed by atoms with E-state index in [9.17, 15) is 24.3 Å². The molecule has 3 atom stereocenters. The molecule has 2 aliphatic heterocycles. The van der Waals surface area contributed by atoms with Gasteiger partial charge in [-0.1, -0.05) is 36.7 Å². The molecule has 43 heavy (non-hydrogen) atoms. The zero-order chi connectivity index (χ0) is 31.4. The van der Waals surface area contributed by atoms with Crippen LogP contribution in [0.15, 0.2) is 18.2 Å². The quantitative estimate of drug-likeness (QED) is 0.217. The van der Waals surface area contributed by atoms with Crippen molar-refractivity contribution in [3.63, 3.8) is 0 Å². The number of nitrogens with zero attached hydrogens (tertiary/aromatic N) is 3. The number of amides is 2. The summed E-state index contributed by atoms with van der Waals surface area (Å²) in [6.45, 7) is 2.87. The van der Waals surface area contributed by atoms with E-state index in [1.165, 1.54) is 12.0 Å². The average molecular weight is 661 g/mol. The van der Waals surface area contributed by atoms with Gasteiger partial charge in [-0.3, -0.25) is 14.5 Å². The Labute approximate surface area is 267 Å². The summed E-state index contributed by atoms with van der Waals surface area (Å²) in [5.74, 6) is -2.82. The second-order valence-electron chi connectivity index (χ2n) is 9.75. The van der Waals surface area contributed by atoms with Crippen molar-refractivity contribution in [1.29, 1.82) is 0 Å². The van der Waals surface area contributed by atoms with Crippen LogP contribution in [-0.2, 0) is 25.5 Å². The van der Waals surface area contributed by atoms with Gasteiger partial charge >= 0.3 is 18.0 Å². The maximum atomic E-state index is 13.6. The number of nitrogens with one attached hydrogen (secondary N) is 2. The highest BCUT2D eigenvalue weighted by Gasteiger charge is 2.40. The fourth-order valence-corrected chi connectivity index (χ4v) is 5.46. The lowest BCUT2D eigenvalue weighted by Gasteiger charge is -2.46. The smallest absolute Gasteiger partial charge is 0.409 e. The van der Waals surface area contributed by atoms with Gasteiger partial charge in [0, 0.05) is 26.2 Å². The van der Waals surface area contributed by atoms with E-state index in [2.05, 4.69) is 28.4 Å². The fourth-order valence-electron chi connectivity index (χ4n) is 4.91. The Kier molecular flexibility index (Phi) is 16.1. The lowest BCUT2D eigenvalue weighted by Crippen LogP contribution is -2.66. The minimum absolute atomic E-state index is 0. The molecule has 238 valence electrons. The monoisotopic (exact) mass is 659 g/mol. The number of hydrogen-bond donors (Lipinski definition) is 4. The molecule has 1 aromatic rings. The number of carboxylic acids is 2. The molecule has 0 aliphatic carbocycles. The highest BCUT2D eigenvalue weighted by molar-refractivity contribution is 7.80. The number of benzene rings is 1. The van der Waals surface area contributed by atoms with E-state index >= 15 is 0 Å². The number of terminal acetylenes is 1. The molecule has 3 rings (SSSR count). The Bertz CT molecular complexity index is 1170. The number of aliphatic carboxylic acids is 2. The molecule has 0 bridgehead atoms. The molecule has 2 heterocycles. The first kappa shape index (κ1) is 37.7. The van der Waals surface area contributed by atoms with Crippen molar-refractivity contribution in [2.45, 2.75) is 51.2 Å². The highest BCUT2D eigenvalue weighted by atomic mass is 35.5. The molecule has 2 aliphatic rings. The van der Waals surface area contributed by atoms with Crippen molar-refractivity contribution < 1.29 is 34.1 Å². The van der Waals surface area contributed by atoms with E-state index in [1.54, 1.807) is 23.1 Å². The SMILES string of the molecule is C.C#C.COC(=O)N1C[C@@H](CN2CCCC2)N(C(=O)Cc2ccc(Cl)c(Cl)c2)C[C@H]1CNC(=S)N[C@@H](CC(=O)O)C(=O)O. The first-order chi connectivity index (χ1) is 20.0. The van der Waals surface area contributed by atoms with Crippen LogP contribution >= 0.6 is 35.4 Å². The third-order valence-corrected chi connectivity index (χ3v) is 7.91. The number of piperazine rings is 1. The molecule has 1 aromatic carbocycles. The molecule has 0 radical (unpaired) electrons. The first-order valence-corrected chi connectivity index (χ1v) is 14.3. The molecule has 2 amide bonds. The van der Waals surface area contributed by atoms with Crippen LogP contribution in [-0.4, -0.2) is 118 Å². The first-order valence-electron chi connectivity index (χ1n) is 13.1. The van der Waals surface area contributed by atoms with E-state index in [-0.39, 0.29) is 50.5 Å². The summed E-state index contributed by atoms with van der Waals surface area (Å²) in [6, 6.07) is 2.74. The molecule has 0 saturated carbocycles. The number of carbonyl (C=O) groups is 4. The van der Waals surface area contributed by atoms with Crippen molar-refractivity contribution in [3.8, 4) is 12.8 Å². The van der Waals surface area contributed by atoms with Gasteiger partial charge < -0.3 is 35.4 Å². The normalized spacial score (nSPS) is 18.7. The zero-order valence-electron chi connectivity index (χ0n) is 23.1. The van der Waals surface area contributed by atoms with E-state index < -0.39 is 36.5 Å². The van der Waals surface area contributed by atoms with E-state index in [0.29, 0.717) is 22.2 Å². The number of ether oxygens (including phenoxy) is 1. The zero-order valence-corrected chi connectivity index (χ0v) is 25.5. The number of thiocarbonyl (C=S) groups is 1. The Morgan fingerprint density at radius 2 is 1.70 bits per heavy atom. The van der Waals surface area contributed by atoms with Gasteiger partial charge in [-0.05, 0) is 55.8 Å². The summed E-state index contributed by atoms with van der Waals surface area (Å²) in [6.07, 6.45) is 8.98. The maximum Gasteiger partial charge on any atom is 0.409 e. The van der Waals surface area contributed by atoms with Gasteiger partial charge in [-0.2, -0.15) is 0 Å². The van der Waals surface area contributed by atoms with Crippen LogP contribution < -0.4 is 10.6 Å². The number of likely N-dealkylation sites (tertiary alicyclic amines) is 1. The third kappa shape index (κ3) is 11.4. The van der Waals surface area contributed by atoms with Crippen molar-refractivity contribution in [1.82, 2.24) is 25.3 Å². The predicted octanol–water partition coefficient (Wildman–Crippen LogP) is 2.56. The molecule has 2 saturated heterocycles. The van der Waals surface area contributed by atoms with Crippen molar-refractivity contribution in [3.05, 3.63) is 33.8 Å². The topological polar surface area (TPSA) is 152 Å². The Hall–Kier alpha value is -3.31. The van der Waals surface area contributed by atoms with Crippen LogP contribution in [0.1, 0.15) is 32.3 Å². The summed E-state index contributed by atoms with van der Waals surface area (Å²) < 4.78 is 5.02. The summed E-state index contributed by atoms with van der Waals surface area (Å²) in [4.78, 5) is 54.3. The lowest BCUT2D eigenvalue weighted by molar-refractivity contribution is -0.145. The molecule has 0 aromatic heterocycles. The second kappa shape index (κ2) is 18.4. The molecule has 0 spiro atoms. The van der Waals surface area contributed by atoms with E-state index in [4.69, 9.17) is 45.3 Å². The molecule has 4 N–H and O–H groups in total. The average Bonchev–Trinajstić information content (AvgIpc) is 3.47. The molecule has 15 heteroatoms. The third-order valence-electron chi connectivity index (χ3n) is 6.91. The summed E-state index contributed by atoms with van der Waals surface area (Å²) in [7, 11) is 1.28. The van der Waals surface area contributed by atoms with Crippen LogP contribution in [0.4, 0.5) is 4.79 Å². The Morgan fingerprint density at radius 1 is 1.07 bits per heavy atom. The van der Waals surface area contributed by atoms with Crippen LogP contribution in [0.25, 0.3) is 0 Å². The largest absolute Gasteiger partial charge is 0.481 e. The molecular weight excluding hydrogens is 621 g/mol. The molecular formula is C28H39Cl2N5O7S. The minimum Gasteiger partial charge on any atom is -0.481 e. The number of carbonyl (C=O) groups excluding carboxylic acids is 2. The van der Waals surface area contributed by atoms with Gasteiger partial charge in [-0.15, -0.1) is 12.8 Å². The molecule has 12 nitrogen and oxygen atoms in total. The van der Waals surface area contributed by atoms with Crippen molar-refractivity contribution in [2.24, 2.45) is 0 Å². The standard InChI is InChI=1S/C25H33Cl2N5O7S.C2H2.CH4/c1-39-25(38)32-14-17(12-30-6-2-3-7-30)31(21(33)9-15-4-5-18(26)19(27)8-15)13-16(32)11-28-24(40)29-20(23(36)37)10-22(34)35;1-2;/h4-5,8,16-17,20H,2-3,6-7,9-14H2,1H3,(H,34,35)(H,36,37)(H2,28,29,40);1-2H;1H4/t16-,17-,20+;;/m1../s1. The summed E-state index contributed by atoms with van der Waals surface area (Å²) in [5.41, 5.74) is 0.702. The summed E-state index contributed by atoms with van der Waals surface area (Å²) in [5, 5.41) is 24.2. The molecule has 2 fully saturated rings. The predicted molar refractivity (Wildman–Crippen MR) is 168 cm³/mol. The van der Waals surface area contributed by atoms with Crippen LogP contribution in [0.2, 0.25) is 10.0 Å². The van der Waals surface area contributed by atoms with Crippen molar-refractivity contribution >= 4 is 64.5 Å². The van der Waals surface area contributed by atoms with Gasteiger partial charge in [0.15, 0.2) is 5.11 Å². The highest BCUT2D eigenvalue weighted by Crippen LogP contribution is 2.25. The number of rotatable bonds is 10. The van der Waals surface area contributed by atoms with Gasteiger partial charge in [0.1, 0.15) is 6.04 Å². The van der Waals surface area contributed by atoms with Gasteiger partial charge in [0.05, 0.1) is 42.1 Å². The van der Waals surface area contributed by atoms with Gasteiger partial charge in [-0.25, -0.2) is 9.59 Å². The summed E-state index contributed by atoms with van der Waals surface area (Å²) >= 11 is 17.4. The van der Waals surface area contributed by atoms with Crippen LogP contribution in [0, 0.1) is 12.8 Å².